The number of amides is 1. The summed E-state index contributed by atoms with van der Waals surface area (Å²) in [6, 6.07) is 5.22. The van der Waals surface area contributed by atoms with Gasteiger partial charge in [-0.15, -0.1) is 0 Å². The minimum Gasteiger partial charge on any atom is -0.307 e. The van der Waals surface area contributed by atoms with E-state index in [1.807, 2.05) is 19.1 Å². The van der Waals surface area contributed by atoms with Gasteiger partial charge in [-0.05, 0) is 37.4 Å². The number of nitrogens with zero attached hydrogens (tertiary/aromatic N) is 4. The average Bonchev–Trinajstić information content (AvgIpc) is 2.90. The molecule has 6 heteroatoms. The van der Waals surface area contributed by atoms with Crippen LogP contribution in [0.3, 0.4) is 0 Å². The number of rotatable bonds is 5. The van der Waals surface area contributed by atoms with E-state index < -0.39 is 0 Å². The van der Waals surface area contributed by atoms with Gasteiger partial charge >= 0.3 is 0 Å². The first-order valence-corrected chi connectivity index (χ1v) is 6.70. The molecule has 0 spiro atoms. The first kappa shape index (κ1) is 15.4. The lowest BCUT2D eigenvalue weighted by atomic mass is 10.2. The molecule has 0 aliphatic rings. The molecule has 112 valence electrons. The van der Waals surface area contributed by atoms with Crippen molar-refractivity contribution in [2.24, 2.45) is 12.0 Å². The second-order valence-electron chi connectivity index (χ2n) is 4.48. The predicted molar refractivity (Wildman–Crippen MR) is 87.7 cm³/mol. The summed E-state index contributed by atoms with van der Waals surface area (Å²) in [7, 11) is 1.77. The Morgan fingerprint density at radius 3 is 2.95 bits per heavy atom. The molecule has 1 amide bonds. The molecule has 0 atom stereocenters. The third kappa shape index (κ3) is 3.54. The Morgan fingerprint density at radius 2 is 2.32 bits per heavy atom. The molecule has 2 rings (SSSR count). The minimum absolute atomic E-state index is 0.229. The van der Waals surface area contributed by atoms with Gasteiger partial charge in [-0.25, -0.2) is 0 Å². The van der Waals surface area contributed by atoms with Crippen LogP contribution in [0.25, 0.3) is 5.57 Å². The summed E-state index contributed by atoms with van der Waals surface area (Å²) in [5, 5.41) is 7.20. The molecule has 0 saturated heterocycles. The van der Waals surface area contributed by atoms with Crippen LogP contribution >= 0.6 is 0 Å². The van der Waals surface area contributed by atoms with Crippen molar-refractivity contribution in [3.8, 4) is 0 Å². The first-order chi connectivity index (χ1) is 10.7. The van der Waals surface area contributed by atoms with Crippen molar-refractivity contribution < 1.29 is 4.79 Å². The van der Waals surface area contributed by atoms with E-state index >= 15 is 0 Å². The quantitative estimate of drug-likeness (QED) is 0.681. The fraction of sp³-hybridized carbons (Fsp3) is 0.125. The minimum atomic E-state index is -0.229. The summed E-state index contributed by atoms with van der Waals surface area (Å²) in [4.78, 5) is 19.8. The van der Waals surface area contributed by atoms with E-state index in [4.69, 9.17) is 0 Å². The van der Waals surface area contributed by atoms with Crippen LogP contribution in [-0.4, -0.2) is 27.4 Å². The Balaban J connectivity index is 2.22. The van der Waals surface area contributed by atoms with Crippen molar-refractivity contribution >= 4 is 24.0 Å². The van der Waals surface area contributed by atoms with Gasteiger partial charge in [0.15, 0.2) is 0 Å². The van der Waals surface area contributed by atoms with Crippen molar-refractivity contribution in [3.63, 3.8) is 0 Å². The van der Waals surface area contributed by atoms with Gasteiger partial charge in [0.1, 0.15) is 5.82 Å². The molecular weight excluding hydrogens is 278 g/mol. The fourth-order valence-electron chi connectivity index (χ4n) is 1.87. The second-order valence-corrected chi connectivity index (χ2v) is 4.48. The standard InChI is InChI=1S/C16H17N5O/c1-4-12(7-9-17-2)14-10-15(21(3)20-14)19-16(22)13-6-5-8-18-11-13/h4-11H,2H2,1,3H3,(H,19,22)/b9-7-,12-4+. The molecule has 0 saturated carbocycles. The first-order valence-electron chi connectivity index (χ1n) is 6.70. The summed E-state index contributed by atoms with van der Waals surface area (Å²) in [5.41, 5.74) is 2.13. The highest BCUT2D eigenvalue weighted by Crippen LogP contribution is 2.19. The zero-order valence-electron chi connectivity index (χ0n) is 12.5. The summed E-state index contributed by atoms with van der Waals surface area (Å²) < 4.78 is 1.61. The Morgan fingerprint density at radius 1 is 1.50 bits per heavy atom. The number of allylic oxidation sites excluding steroid dienone is 3. The lowest BCUT2D eigenvalue weighted by molar-refractivity contribution is 0.102. The number of hydrogen-bond acceptors (Lipinski definition) is 4. The van der Waals surface area contributed by atoms with Crippen LogP contribution in [0, 0.1) is 0 Å². The van der Waals surface area contributed by atoms with Crippen LogP contribution in [-0.2, 0) is 7.05 Å². The number of nitrogens with one attached hydrogen (secondary N) is 1. The van der Waals surface area contributed by atoms with E-state index in [1.54, 1.807) is 42.3 Å². The number of carbonyl (C=O) groups is 1. The van der Waals surface area contributed by atoms with Gasteiger partial charge in [0, 0.05) is 31.7 Å². The van der Waals surface area contributed by atoms with Gasteiger partial charge < -0.3 is 5.32 Å². The summed E-state index contributed by atoms with van der Waals surface area (Å²) in [5.74, 6) is 0.371. The normalized spacial score (nSPS) is 11.6. The molecule has 2 aromatic heterocycles. The number of pyridine rings is 1. The van der Waals surface area contributed by atoms with Crippen LogP contribution in [0.5, 0.6) is 0 Å². The Hall–Kier alpha value is -3.02. The summed E-state index contributed by atoms with van der Waals surface area (Å²) in [6.45, 7) is 5.31. The Labute approximate surface area is 128 Å². The van der Waals surface area contributed by atoms with Crippen LogP contribution < -0.4 is 5.32 Å². The highest BCUT2D eigenvalue weighted by atomic mass is 16.1. The predicted octanol–water partition coefficient (Wildman–Crippen LogP) is 2.69. The summed E-state index contributed by atoms with van der Waals surface area (Å²) >= 11 is 0. The van der Waals surface area contributed by atoms with Gasteiger partial charge in [0.2, 0.25) is 0 Å². The van der Waals surface area contributed by atoms with Gasteiger partial charge in [-0.1, -0.05) is 6.08 Å². The van der Waals surface area contributed by atoms with Crippen molar-refractivity contribution in [1.82, 2.24) is 14.8 Å². The molecule has 0 bridgehead atoms. The zero-order chi connectivity index (χ0) is 15.9. The second kappa shape index (κ2) is 7.12. The maximum Gasteiger partial charge on any atom is 0.258 e. The zero-order valence-corrected chi connectivity index (χ0v) is 12.5. The van der Waals surface area contributed by atoms with E-state index in [2.05, 4.69) is 27.1 Å². The number of aromatic nitrogens is 3. The lowest BCUT2D eigenvalue weighted by Crippen LogP contribution is -2.14. The highest BCUT2D eigenvalue weighted by Gasteiger charge is 2.11. The van der Waals surface area contributed by atoms with Crippen LogP contribution in [0.15, 0.2) is 53.9 Å². The van der Waals surface area contributed by atoms with Crippen molar-refractivity contribution in [2.45, 2.75) is 6.92 Å². The Bertz CT molecular complexity index is 728. The number of aryl methyl sites for hydroxylation is 1. The molecule has 0 unspecified atom stereocenters. The molecule has 2 aromatic rings. The number of carbonyl (C=O) groups excluding carboxylic acids is 1. The molecule has 6 nitrogen and oxygen atoms in total. The van der Waals surface area contributed by atoms with Gasteiger partial charge in [-0.3, -0.25) is 19.5 Å². The largest absolute Gasteiger partial charge is 0.307 e. The van der Waals surface area contributed by atoms with E-state index in [0.29, 0.717) is 11.4 Å². The van der Waals surface area contributed by atoms with Crippen LogP contribution in [0.1, 0.15) is 23.0 Å². The third-order valence-corrected chi connectivity index (χ3v) is 3.01. The van der Waals surface area contributed by atoms with Gasteiger partial charge in [0.25, 0.3) is 5.91 Å². The Kier molecular flexibility index (Phi) is 4.98. The van der Waals surface area contributed by atoms with Crippen molar-refractivity contribution in [3.05, 3.63) is 60.2 Å². The monoisotopic (exact) mass is 295 g/mol. The highest BCUT2D eigenvalue weighted by molar-refractivity contribution is 6.03. The number of aliphatic imine (C=N–C) groups is 1. The molecule has 0 radical (unpaired) electrons. The molecule has 0 aliphatic carbocycles. The van der Waals surface area contributed by atoms with Crippen LogP contribution in [0.2, 0.25) is 0 Å². The van der Waals surface area contributed by atoms with E-state index in [9.17, 15) is 4.79 Å². The van der Waals surface area contributed by atoms with E-state index in [1.165, 1.54) is 6.20 Å². The molecule has 2 heterocycles. The molecule has 0 aliphatic heterocycles. The molecule has 22 heavy (non-hydrogen) atoms. The smallest absolute Gasteiger partial charge is 0.258 e. The maximum atomic E-state index is 12.1. The number of hydrogen-bond donors (Lipinski definition) is 1. The average molecular weight is 295 g/mol. The lowest BCUT2D eigenvalue weighted by Gasteiger charge is -2.04. The topological polar surface area (TPSA) is 72.2 Å². The fourth-order valence-corrected chi connectivity index (χ4v) is 1.87. The molecule has 1 N–H and O–H groups in total. The van der Waals surface area contributed by atoms with Crippen molar-refractivity contribution in [2.75, 3.05) is 5.32 Å². The molecule has 0 aromatic carbocycles. The molecular formula is C16H17N5O. The number of anilines is 1. The van der Waals surface area contributed by atoms with E-state index in [-0.39, 0.29) is 5.91 Å². The van der Waals surface area contributed by atoms with E-state index in [0.717, 1.165) is 11.3 Å². The van der Waals surface area contributed by atoms with Crippen LogP contribution in [0.4, 0.5) is 5.82 Å². The van der Waals surface area contributed by atoms with Gasteiger partial charge in [-0.2, -0.15) is 5.10 Å². The van der Waals surface area contributed by atoms with Gasteiger partial charge in [0.05, 0.1) is 11.3 Å². The SMILES string of the molecule is C=N/C=C\C(=C/C)c1cc(NC(=O)c2cccnc2)n(C)n1. The van der Waals surface area contributed by atoms with Crippen molar-refractivity contribution in [1.29, 1.82) is 0 Å². The molecule has 0 fully saturated rings. The summed E-state index contributed by atoms with van der Waals surface area (Å²) in [6.07, 6.45) is 8.45. The maximum absolute atomic E-state index is 12.1. The third-order valence-electron chi connectivity index (χ3n) is 3.01.